The van der Waals surface area contributed by atoms with Crippen LogP contribution in [0.25, 0.3) is 10.9 Å². The summed E-state index contributed by atoms with van der Waals surface area (Å²) in [4.78, 5) is 32.9. The van der Waals surface area contributed by atoms with Crippen molar-refractivity contribution in [3.63, 3.8) is 0 Å². The average Bonchev–Trinajstić information content (AvgIpc) is 3.48. The zero-order valence-corrected chi connectivity index (χ0v) is 19.5. The molecule has 2 N–H and O–H groups in total. The van der Waals surface area contributed by atoms with Crippen LogP contribution < -0.4 is 10.9 Å². The number of ether oxygens (including phenoxy) is 1. The van der Waals surface area contributed by atoms with Gasteiger partial charge < -0.3 is 19.6 Å². The summed E-state index contributed by atoms with van der Waals surface area (Å²) >= 11 is 0. The summed E-state index contributed by atoms with van der Waals surface area (Å²) in [5.74, 6) is 0.303. The zero-order chi connectivity index (χ0) is 23.9. The average molecular weight is 488 g/mol. The van der Waals surface area contributed by atoms with Gasteiger partial charge in [0.1, 0.15) is 5.54 Å². The summed E-state index contributed by atoms with van der Waals surface area (Å²) < 4.78 is 38.1. The standard InChI is InChI=1S/C22H25N5O6S/c1-14-23-21(26-33-14)22(6-2-3-7-22)25-20(29)17-13-19(28)24-18-5-4-15(12-16(17)18)34(30,31)27-8-10-32-11-9-27/h4-5,12-13H,2-3,6-11H2,1H3,(H,24,28)(H,25,29). The number of pyridine rings is 1. The van der Waals surface area contributed by atoms with E-state index in [9.17, 15) is 18.0 Å². The minimum Gasteiger partial charge on any atom is -0.379 e. The van der Waals surface area contributed by atoms with E-state index >= 15 is 0 Å². The van der Waals surface area contributed by atoms with Crippen LogP contribution in [0, 0.1) is 6.92 Å². The SMILES string of the molecule is Cc1nc(C2(NC(=O)c3cc(=O)[nH]c4ccc(S(=O)(=O)N5CCOCC5)cc34)CCCC2)no1. The quantitative estimate of drug-likeness (QED) is 0.549. The molecule has 0 unspecified atom stereocenters. The second kappa shape index (κ2) is 8.60. The summed E-state index contributed by atoms with van der Waals surface area (Å²) in [7, 11) is -3.78. The Kier molecular flexibility index (Phi) is 5.74. The number of aryl methyl sites for hydroxylation is 1. The molecule has 1 aliphatic heterocycles. The van der Waals surface area contributed by atoms with E-state index in [-0.39, 0.29) is 23.5 Å². The molecule has 1 amide bonds. The number of benzene rings is 1. The number of morpholine rings is 1. The Labute approximate surface area is 195 Å². The third-order valence-corrected chi connectivity index (χ3v) is 8.33. The lowest BCUT2D eigenvalue weighted by atomic mass is 9.95. The van der Waals surface area contributed by atoms with E-state index in [1.807, 2.05) is 0 Å². The smallest absolute Gasteiger partial charge is 0.252 e. The number of hydrogen-bond acceptors (Lipinski definition) is 8. The Morgan fingerprint density at radius 3 is 2.59 bits per heavy atom. The molecular weight excluding hydrogens is 462 g/mol. The van der Waals surface area contributed by atoms with E-state index in [0.29, 0.717) is 48.7 Å². The van der Waals surface area contributed by atoms with Gasteiger partial charge in [0.15, 0.2) is 5.82 Å². The van der Waals surface area contributed by atoms with Crippen LogP contribution in [0.15, 0.2) is 38.5 Å². The highest BCUT2D eigenvalue weighted by Gasteiger charge is 2.41. The number of carbonyl (C=O) groups excluding carboxylic acids is 1. The molecule has 2 aromatic heterocycles. The Morgan fingerprint density at radius 1 is 1.18 bits per heavy atom. The summed E-state index contributed by atoms with van der Waals surface area (Å²) in [5, 5.41) is 7.39. The molecule has 11 nitrogen and oxygen atoms in total. The first-order valence-electron chi connectivity index (χ1n) is 11.2. The topological polar surface area (TPSA) is 147 Å². The highest BCUT2D eigenvalue weighted by atomic mass is 32.2. The van der Waals surface area contributed by atoms with Gasteiger partial charge in [0.2, 0.25) is 21.5 Å². The molecular formula is C22H25N5O6S. The molecule has 3 heterocycles. The van der Waals surface area contributed by atoms with Crippen molar-refractivity contribution in [3.8, 4) is 0 Å². The van der Waals surface area contributed by atoms with Gasteiger partial charge in [0, 0.05) is 37.0 Å². The summed E-state index contributed by atoms with van der Waals surface area (Å²) in [6.45, 7) is 2.84. The van der Waals surface area contributed by atoms with Gasteiger partial charge in [-0.05, 0) is 31.0 Å². The molecule has 2 aliphatic rings. The molecule has 1 saturated carbocycles. The molecule has 2 fully saturated rings. The van der Waals surface area contributed by atoms with Gasteiger partial charge in [-0.15, -0.1) is 0 Å². The van der Waals surface area contributed by atoms with E-state index < -0.39 is 27.0 Å². The number of nitrogens with one attached hydrogen (secondary N) is 2. The first-order valence-corrected chi connectivity index (χ1v) is 12.6. The maximum absolute atomic E-state index is 13.5. The number of nitrogens with zero attached hydrogens (tertiary/aromatic N) is 3. The first-order chi connectivity index (χ1) is 16.3. The van der Waals surface area contributed by atoms with Crippen molar-refractivity contribution in [2.75, 3.05) is 26.3 Å². The van der Waals surface area contributed by atoms with E-state index in [4.69, 9.17) is 9.26 Å². The second-order valence-electron chi connectivity index (χ2n) is 8.65. The summed E-state index contributed by atoms with van der Waals surface area (Å²) in [6, 6.07) is 5.57. The second-order valence-corrected chi connectivity index (χ2v) is 10.6. The highest BCUT2D eigenvalue weighted by Crippen LogP contribution is 2.37. The van der Waals surface area contributed by atoms with Crippen LogP contribution in [-0.4, -0.2) is 60.1 Å². The third-order valence-electron chi connectivity index (χ3n) is 6.43. The molecule has 1 aliphatic carbocycles. The van der Waals surface area contributed by atoms with Crippen molar-refractivity contribution in [2.24, 2.45) is 0 Å². The van der Waals surface area contributed by atoms with Gasteiger partial charge in [0.25, 0.3) is 5.91 Å². The lowest BCUT2D eigenvalue weighted by Gasteiger charge is -2.27. The van der Waals surface area contributed by atoms with E-state index in [2.05, 4.69) is 20.4 Å². The minimum absolute atomic E-state index is 0.0485. The number of fused-ring (bicyclic) bond motifs is 1. The number of amides is 1. The van der Waals surface area contributed by atoms with Gasteiger partial charge in [-0.2, -0.15) is 9.29 Å². The van der Waals surface area contributed by atoms with Crippen molar-refractivity contribution >= 4 is 26.8 Å². The predicted molar refractivity (Wildman–Crippen MR) is 121 cm³/mol. The molecule has 0 radical (unpaired) electrons. The first kappa shape index (κ1) is 22.7. The molecule has 1 aromatic carbocycles. The number of aromatic nitrogens is 3. The lowest BCUT2D eigenvalue weighted by Crippen LogP contribution is -2.45. The van der Waals surface area contributed by atoms with Crippen LogP contribution in [0.5, 0.6) is 0 Å². The van der Waals surface area contributed by atoms with Crippen molar-refractivity contribution in [1.29, 1.82) is 0 Å². The largest absolute Gasteiger partial charge is 0.379 e. The number of H-pyrrole nitrogens is 1. The maximum atomic E-state index is 13.5. The maximum Gasteiger partial charge on any atom is 0.252 e. The minimum atomic E-state index is -3.78. The van der Waals surface area contributed by atoms with Crippen molar-refractivity contribution in [3.05, 3.63) is 51.9 Å². The highest BCUT2D eigenvalue weighted by molar-refractivity contribution is 7.89. The van der Waals surface area contributed by atoms with Gasteiger partial charge in [-0.1, -0.05) is 18.0 Å². The fourth-order valence-corrected chi connectivity index (χ4v) is 6.11. The van der Waals surface area contributed by atoms with Crippen LogP contribution >= 0.6 is 0 Å². The van der Waals surface area contributed by atoms with Crippen LogP contribution in [0.1, 0.15) is 47.8 Å². The Bertz CT molecular complexity index is 1400. The molecule has 0 spiro atoms. The molecule has 34 heavy (non-hydrogen) atoms. The van der Waals surface area contributed by atoms with Crippen LogP contribution in [0.3, 0.4) is 0 Å². The number of rotatable bonds is 5. The number of hydrogen-bond donors (Lipinski definition) is 2. The van der Waals surface area contributed by atoms with Gasteiger partial charge in [0.05, 0.1) is 23.7 Å². The Balaban J connectivity index is 1.55. The monoisotopic (exact) mass is 487 g/mol. The predicted octanol–water partition coefficient (Wildman–Crippen LogP) is 1.44. The molecule has 3 aromatic rings. The fraction of sp³-hybridized carbons (Fsp3) is 0.455. The molecule has 12 heteroatoms. The van der Waals surface area contributed by atoms with Gasteiger partial charge >= 0.3 is 0 Å². The van der Waals surface area contributed by atoms with Crippen molar-refractivity contribution in [2.45, 2.75) is 43.0 Å². The van der Waals surface area contributed by atoms with Crippen molar-refractivity contribution in [1.82, 2.24) is 24.7 Å². The molecule has 1 saturated heterocycles. The normalized spacial score (nSPS) is 18.9. The molecule has 180 valence electrons. The molecule has 5 rings (SSSR count). The molecule has 0 atom stereocenters. The summed E-state index contributed by atoms with van der Waals surface area (Å²) in [5.41, 5.74) is -0.808. The lowest BCUT2D eigenvalue weighted by molar-refractivity contribution is 0.0730. The third kappa shape index (κ3) is 4.01. The Hall–Kier alpha value is -3.09. The van der Waals surface area contributed by atoms with Crippen molar-refractivity contribution < 1.29 is 22.5 Å². The van der Waals surface area contributed by atoms with Crippen LogP contribution in [0.2, 0.25) is 0 Å². The van der Waals surface area contributed by atoms with Crippen LogP contribution in [-0.2, 0) is 20.3 Å². The van der Waals surface area contributed by atoms with Crippen LogP contribution in [0.4, 0.5) is 0 Å². The number of aromatic amines is 1. The van der Waals surface area contributed by atoms with E-state index in [0.717, 1.165) is 12.8 Å². The van der Waals surface area contributed by atoms with Gasteiger partial charge in [-0.3, -0.25) is 9.59 Å². The van der Waals surface area contributed by atoms with E-state index in [1.165, 1.54) is 28.6 Å². The number of sulfonamides is 1. The Morgan fingerprint density at radius 2 is 1.91 bits per heavy atom. The molecule has 0 bridgehead atoms. The van der Waals surface area contributed by atoms with E-state index in [1.54, 1.807) is 6.92 Å². The summed E-state index contributed by atoms with van der Waals surface area (Å²) in [6.07, 6.45) is 3.03. The van der Waals surface area contributed by atoms with Gasteiger partial charge in [-0.25, -0.2) is 8.42 Å². The number of carbonyl (C=O) groups is 1. The fourth-order valence-electron chi connectivity index (χ4n) is 4.68. The zero-order valence-electron chi connectivity index (χ0n) is 18.7.